The summed E-state index contributed by atoms with van der Waals surface area (Å²) in [5.74, 6) is -0.272. The van der Waals surface area contributed by atoms with E-state index in [9.17, 15) is 9.18 Å². The molecule has 0 spiro atoms. The van der Waals surface area contributed by atoms with Gasteiger partial charge in [0.2, 0.25) is 0 Å². The first kappa shape index (κ1) is 22.6. The van der Waals surface area contributed by atoms with Gasteiger partial charge in [0.15, 0.2) is 0 Å². The lowest BCUT2D eigenvalue weighted by molar-refractivity contribution is 0.0670. The maximum absolute atomic E-state index is 13.2. The lowest BCUT2D eigenvalue weighted by Gasteiger charge is -2.40. The number of halogens is 1. The molecular weight excluding hydrogens is 429 g/mol. The summed E-state index contributed by atoms with van der Waals surface area (Å²) in [6, 6.07) is 27.9. The second kappa shape index (κ2) is 10.4. The molecule has 34 heavy (non-hydrogen) atoms. The van der Waals surface area contributed by atoms with Crippen LogP contribution in [0.2, 0.25) is 0 Å². The van der Waals surface area contributed by atoms with Gasteiger partial charge in [0, 0.05) is 39.3 Å². The van der Waals surface area contributed by atoms with Gasteiger partial charge < -0.3 is 9.64 Å². The smallest absolute Gasteiger partial charge is 0.410 e. The Bertz CT molecular complexity index is 1030. The molecule has 176 valence electrons. The van der Waals surface area contributed by atoms with Crippen molar-refractivity contribution < 1.29 is 13.9 Å². The molecule has 2 heterocycles. The highest BCUT2D eigenvalue weighted by Gasteiger charge is 2.34. The Morgan fingerprint density at radius 2 is 1.41 bits per heavy atom. The minimum absolute atomic E-state index is 0.140. The second-order valence-corrected chi connectivity index (χ2v) is 9.07. The van der Waals surface area contributed by atoms with Crippen LogP contribution < -0.4 is 0 Å². The summed E-state index contributed by atoms with van der Waals surface area (Å²) < 4.78 is 18.8. The third-order valence-corrected chi connectivity index (χ3v) is 6.70. The van der Waals surface area contributed by atoms with E-state index in [-0.39, 0.29) is 24.1 Å². The van der Waals surface area contributed by atoms with E-state index in [0.717, 1.165) is 38.3 Å². The molecule has 1 atom stereocenters. The molecule has 0 radical (unpaired) electrons. The van der Waals surface area contributed by atoms with Crippen molar-refractivity contribution in [3.05, 3.63) is 107 Å². The fourth-order valence-electron chi connectivity index (χ4n) is 4.99. The highest BCUT2D eigenvalue weighted by Crippen LogP contribution is 2.29. The minimum atomic E-state index is -0.291. The molecule has 0 aromatic heterocycles. The van der Waals surface area contributed by atoms with Crippen LogP contribution in [0.3, 0.4) is 0 Å². The van der Waals surface area contributed by atoms with Gasteiger partial charge in [-0.15, -0.1) is 0 Å². The third-order valence-electron chi connectivity index (χ3n) is 6.70. The maximum atomic E-state index is 13.2. The lowest BCUT2D eigenvalue weighted by Crippen LogP contribution is -2.50. The van der Waals surface area contributed by atoms with Gasteiger partial charge in [0.1, 0.15) is 11.9 Å². The highest BCUT2D eigenvalue weighted by atomic mass is 19.1. The molecule has 0 bridgehead atoms. The topological polar surface area (TPSA) is 36.0 Å². The van der Waals surface area contributed by atoms with E-state index in [4.69, 9.17) is 4.74 Å². The Morgan fingerprint density at radius 3 is 2.00 bits per heavy atom. The van der Waals surface area contributed by atoms with E-state index < -0.39 is 0 Å². The zero-order chi connectivity index (χ0) is 23.3. The van der Waals surface area contributed by atoms with Crippen molar-refractivity contribution in [2.24, 2.45) is 0 Å². The Hall–Kier alpha value is -3.22. The zero-order valence-electron chi connectivity index (χ0n) is 19.2. The van der Waals surface area contributed by atoms with E-state index in [1.54, 1.807) is 17.0 Å². The molecule has 2 aliphatic heterocycles. The second-order valence-electron chi connectivity index (χ2n) is 9.07. The number of ether oxygens (including phenoxy) is 1. The van der Waals surface area contributed by atoms with Crippen LogP contribution in [0.1, 0.15) is 22.7 Å². The predicted octanol–water partition coefficient (Wildman–Crippen LogP) is 4.55. The molecule has 5 nitrogen and oxygen atoms in total. The third kappa shape index (κ3) is 5.29. The fraction of sp³-hybridized carbons (Fsp3) is 0.321. The van der Waals surface area contributed by atoms with Crippen molar-refractivity contribution in [1.82, 2.24) is 14.7 Å². The van der Waals surface area contributed by atoms with Crippen LogP contribution in [0, 0.1) is 5.82 Å². The summed E-state index contributed by atoms with van der Waals surface area (Å²) in [6.07, 6.45) is -0.431. The van der Waals surface area contributed by atoms with Gasteiger partial charge in [0.25, 0.3) is 0 Å². The zero-order valence-corrected chi connectivity index (χ0v) is 19.2. The minimum Gasteiger partial charge on any atom is -0.443 e. The molecule has 2 aliphatic rings. The SMILES string of the molecule is O=C1OC(CN2CCN(C(c3ccccc3)c3ccccc3)CC2)CN1Cc1ccc(F)cc1. The van der Waals surface area contributed by atoms with Gasteiger partial charge in [-0.2, -0.15) is 0 Å². The Labute approximate surface area is 200 Å². The predicted molar refractivity (Wildman–Crippen MR) is 130 cm³/mol. The number of carbonyl (C=O) groups excluding carboxylic acids is 1. The van der Waals surface area contributed by atoms with Gasteiger partial charge in [-0.1, -0.05) is 72.8 Å². The molecule has 2 fully saturated rings. The van der Waals surface area contributed by atoms with Crippen molar-refractivity contribution in [3.63, 3.8) is 0 Å². The van der Waals surface area contributed by atoms with Crippen LogP contribution in [0.5, 0.6) is 0 Å². The molecule has 2 saturated heterocycles. The first-order valence-electron chi connectivity index (χ1n) is 11.9. The summed E-state index contributed by atoms with van der Waals surface area (Å²) >= 11 is 0. The van der Waals surface area contributed by atoms with E-state index >= 15 is 0 Å². The largest absolute Gasteiger partial charge is 0.443 e. The highest BCUT2D eigenvalue weighted by molar-refractivity contribution is 5.70. The number of rotatable bonds is 7. The number of nitrogens with zero attached hydrogens (tertiary/aromatic N) is 3. The number of piperazine rings is 1. The van der Waals surface area contributed by atoms with Crippen molar-refractivity contribution in [2.45, 2.75) is 18.7 Å². The molecule has 0 N–H and O–H groups in total. The standard InChI is InChI=1S/C28H30FN3O2/c29-25-13-11-22(12-14-25)19-32-21-26(34-28(32)33)20-30-15-17-31(18-16-30)27(23-7-3-1-4-8-23)24-9-5-2-6-10-24/h1-14,26-27H,15-21H2. The van der Waals surface area contributed by atoms with E-state index in [0.29, 0.717) is 13.1 Å². The number of cyclic esters (lactones) is 1. The van der Waals surface area contributed by atoms with Gasteiger partial charge in [-0.05, 0) is 28.8 Å². The summed E-state index contributed by atoms with van der Waals surface area (Å²) in [6.45, 7) is 5.51. The molecule has 3 aromatic rings. The summed E-state index contributed by atoms with van der Waals surface area (Å²) in [4.78, 5) is 19.0. The van der Waals surface area contributed by atoms with Crippen LogP contribution in [0.25, 0.3) is 0 Å². The monoisotopic (exact) mass is 459 g/mol. The molecule has 6 heteroatoms. The van der Waals surface area contributed by atoms with Gasteiger partial charge in [-0.3, -0.25) is 9.80 Å². The average Bonchev–Trinajstić information content (AvgIpc) is 3.21. The van der Waals surface area contributed by atoms with Crippen molar-refractivity contribution in [3.8, 4) is 0 Å². The molecule has 3 aromatic carbocycles. The lowest BCUT2D eigenvalue weighted by atomic mass is 9.96. The number of amides is 1. The van der Waals surface area contributed by atoms with Crippen LogP contribution >= 0.6 is 0 Å². The quantitative estimate of drug-likeness (QED) is 0.519. The van der Waals surface area contributed by atoms with Crippen molar-refractivity contribution >= 4 is 6.09 Å². The molecule has 1 unspecified atom stereocenters. The molecular formula is C28H30FN3O2. The molecule has 1 amide bonds. The van der Waals surface area contributed by atoms with Gasteiger partial charge >= 0.3 is 6.09 Å². The van der Waals surface area contributed by atoms with Crippen LogP contribution in [-0.4, -0.2) is 66.2 Å². The first-order valence-corrected chi connectivity index (χ1v) is 11.9. The first-order chi connectivity index (χ1) is 16.7. The normalized spacial score (nSPS) is 19.5. The molecule has 0 saturated carbocycles. The van der Waals surface area contributed by atoms with Crippen molar-refractivity contribution in [1.29, 1.82) is 0 Å². The summed E-state index contributed by atoms with van der Waals surface area (Å²) in [7, 11) is 0. The Kier molecular flexibility index (Phi) is 6.88. The van der Waals surface area contributed by atoms with Crippen LogP contribution in [0.4, 0.5) is 9.18 Å². The van der Waals surface area contributed by atoms with E-state index in [1.165, 1.54) is 23.3 Å². The van der Waals surface area contributed by atoms with Crippen LogP contribution in [-0.2, 0) is 11.3 Å². The summed E-state index contributed by atoms with van der Waals surface area (Å²) in [5.41, 5.74) is 3.52. The Morgan fingerprint density at radius 1 is 0.824 bits per heavy atom. The van der Waals surface area contributed by atoms with Crippen LogP contribution in [0.15, 0.2) is 84.9 Å². The average molecular weight is 460 g/mol. The number of benzene rings is 3. The van der Waals surface area contributed by atoms with Gasteiger partial charge in [0.05, 0.1) is 12.6 Å². The van der Waals surface area contributed by atoms with Crippen molar-refractivity contribution in [2.75, 3.05) is 39.3 Å². The fourth-order valence-corrected chi connectivity index (χ4v) is 4.99. The maximum Gasteiger partial charge on any atom is 0.410 e. The summed E-state index contributed by atoms with van der Waals surface area (Å²) in [5, 5.41) is 0. The number of carbonyl (C=O) groups is 1. The molecule has 0 aliphatic carbocycles. The number of hydrogen-bond donors (Lipinski definition) is 0. The molecule has 5 rings (SSSR count). The Balaban J connectivity index is 1.17. The van der Waals surface area contributed by atoms with E-state index in [2.05, 4.69) is 70.5 Å². The van der Waals surface area contributed by atoms with Gasteiger partial charge in [-0.25, -0.2) is 9.18 Å². The number of hydrogen-bond acceptors (Lipinski definition) is 4. The van der Waals surface area contributed by atoms with E-state index in [1.807, 2.05) is 0 Å².